The molecule has 0 spiro atoms. The molecule has 0 saturated carbocycles. The van der Waals surface area contributed by atoms with Crippen molar-refractivity contribution < 1.29 is 9.53 Å². The molecule has 0 radical (unpaired) electrons. The van der Waals surface area contributed by atoms with E-state index in [9.17, 15) is 4.79 Å². The molecule has 14 heavy (non-hydrogen) atoms. The monoisotopic (exact) mass is 198 g/mol. The molecule has 0 aromatic carbocycles. The van der Waals surface area contributed by atoms with Crippen LogP contribution in [0.15, 0.2) is 0 Å². The van der Waals surface area contributed by atoms with Crippen molar-refractivity contribution in [3.05, 3.63) is 0 Å². The van der Waals surface area contributed by atoms with E-state index in [0.29, 0.717) is 6.04 Å². The molecule has 1 amide bonds. The summed E-state index contributed by atoms with van der Waals surface area (Å²) in [6, 6.07) is 0.395. The number of carbonyl (C=O) groups is 1. The average Bonchev–Trinajstić information content (AvgIpc) is 2.29. The van der Waals surface area contributed by atoms with Crippen molar-refractivity contribution in [1.29, 1.82) is 0 Å². The van der Waals surface area contributed by atoms with E-state index in [0.717, 1.165) is 45.4 Å². The number of amides is 1. The van der Waals surface area contributed by atoms with E-state index in [-0.39, 0.29) is 11.9 Å². The Morgan fingerprint density at radius 1 is 1.29 bits per heavy atom. The van der Waals surface area contributed by atoms with Crippen LogP contribution < -0.4 is 10.6 Å². The van der Waals surface area contributed by atoms with Crippen molar-refractivity contribution in [1.82, 2.24) is 10.6 Å². The highest BCUT2D eigenvalue weighted by Gasteiger charge is 2.26. The van der Waals surface area contributed by atoms with Crippen molar-refractivity contribution in [2.75, 3.05) is 19.8 Å². The first kappa shape index (κ1) is 9.93. The molecule has 80 valence electrons. The minimum Gasteiger partial charge on any atom is -0.381 e. The van der Waals surface area contributed by atoms with Gasteiger partial charge in [0.25, 0.3) is 0 Å². The lowest BCUT2D eigenvalue weighted by molar-refractivity contribution is -0.125. The summed E-state index contributed by atoms with van der Waals surface area (Å²) in [5.41, 5.74) is 0. The summed E-state index contributed by atoms with van der Waals surface area (Å²) < 4.78 is 5.34. The van der Waals surface area contributed by atoms with Gasteiger partial charge in [0.15, 0.2) is 0 Å². The van der Waals surface area contributed by atoms with Gasteiger partial charge in [-0.25, -0.2) is 0 Å². The Labute approximate surface area is 84.4 Å². The summed E-state index contributed by atoms with van der Waals surface area (Å²) in [5.74, 6) is 0.170. The van der Waals surface area contributed by atoms with Crippen LogP contribution in [-0.2, 0) is 9.53 Å². The maximum atomic E-state index is 11.6. The van der Waals surface area contributed by atoms with E-state index in [2.05, 4.69) is 10.6 Å². The molecule has 2 unspecified atom stereocenters. The third-order valence-corrected chi connectivity index (χ3v) is 2.94. The lowest BCUT2D eigenvalue weighted by atomic mass is 10.0. The van der Waals surface area contributed by atoms with Crippen LogP contribution >= 0.6 is 0 Å². The third-order valence-electron chi connectivity index (χ3n) is 2.94. The largest absolute Gasteiger partial charge is 0.381 e. The van der Waals surface area contributed by atoms with Gasteiger partial charge in [0.2, 0.25) is 5.91 Å². The molecule has 0 aliphatic carbocycles. The molecule has 2 atom stereocenters. The third kappa shape index (κ3) is 2.45. The first-order valence-corrected chi connectivity index (χ1v) is 5.48. The van der Waals surface area contributed by atoms with Gasteiger partial charge in [-0.05, 0) is 32.2 Å². The van der Waals surface area contributed by atoms with Crippen molar-refractivity contribution in [2.45, 2.75) is 37.8 Å². The summed E-state index contributed by atoms with van der Waals surface area (Å²) in [5, 5.41) is 6.19. The van der Waals surface area contributed by atoms with E-state index in [1.54, 1.807) is 0 Å². The minimum atomic E-state index is 0.0687. The zero-order valence-electron chi connectivity index (χ0n) is 8.42. The van der Waals surface area contributed by atoms with Gasteiger partial charge in [0, 0.05) is 19.3 Å². The lowest BCUT2D eigenvalue weighted by Gasteiger charge is -2.28. The van der Waals surface area contributed by atoms with Crippen LogP contribution in [0, 0.1) is 0 Å². The maximum Gasteiger partial charge on any atom is 0.237 e. The number of rotatable bonds is 2. The number of nitrogens with one attached hydrogen (secondary N) is 2. The second kappa shape index (κ2) is 4.75. The van der Waals surface area contributed by atoms with Gasteiger partial charge in [-0.15, -0.1) is 0 Å². The number of hydrogen-bond donors (Lipinski definition) is 2. The molecule has 0 aromatic rings. The zero-order valence-corrected chi connectivity index (χ0v) is 8.42. The maximum absolute atomic E-state index is 11.6. The molecule has 2 aliphatic rings. The van der Waals surface area contributed by atoms with Crippen molar-refractivity contribution in [2.24, 2.45) is 0 Å². The van der Waals surface area contributed by atoms with Crippen LogP contribution in [-0.4, -0.2) is 37.7 Å². The van der Waals surface area contributed by atoms with Crippen LogP contribution in [0.2, 0.25) is 0 Å². The van der Waals surface area contributed by atoms with Crippen LogP contribution in [0.4, 0.5) is 0 Å². The Kier molecular flexibility index (Phi) is 3.37. The van der Waals surface area contributed by atoms with E-state index >= 15 is 0 Å². The molecular weight excluding hydrogens is 180 g/mol. The van der Waals surface area contributed by atoms with Crippen LogP contribution in [0.5, 0.6) is 0 Å². The molecule has 0 bridgehead atoms. The minimum absolute atomic E-state index is 0.0687. The quantitative estimate of drug-likeness (QED) is 0.658. The summed E-state index contributed by atoms with van der Waals surface area (Å²) >= 11 is 0. The van der Waals surface area contributed by atoms with E-state index in [1.165, 1.54) is 0 Å². The highest BCUT2D eigenvalue weighted by Crippen LogP contribution is 2.09. The Balaban J connectivity index is 1.74. The predicted molar refractivity (Wildman–Crippen MR) is 53.0 cm³/mol. The fourth-order valence-electron chi connectivity index (χ4n) is 1.86. The fourth-order valence-corrected chi connectivity index (χ4v) is 1.86. The molecular formula is C10H18N2O2. The Bertz CT molecular complexity index is 196. The molecule has 4 nitrogen and oxygen atoms in total. The molecule has 0 aromatic heterocycles. The van der Waals surface area contributed by atoms with Gasteiger partial charge in [-0.2, -0.15) is 0 Å². The van der Waals surface area contributed by atoms with E-state index in [4.69, 9.17) is 4.74 Å². The summed E-state index contributed by atoms with van der Waals surface area (Å²) in [6.07, 6.45) is 4.05. The van der Waals surface area contributed by atoms with Gasteiger partial charge < -0.3 is 15.4 Å². The molecule has 2 N–H and O–H groups in total. The van der Waals surface area contributed by atoms with Gasteiger partial charge >= 0.3 is 0 Å². The fraction of sp³-hybridized carbons (Fsp3) is 0.900. The number of hydrogen-bond acceptors (Lipinski definition) is 3. The van der Waals surface area contributed by atoms with Gasteiger partial charge in [0.05, 0.1) is 6.04 Å². The summed E-state index contributed by atoms with van der Waals surface area (Å²) in [6.45, 7) is 2.60. The summed E-state index contributed by atoms with van der Waals surface area (Å²) in [4.78, 5) is 11.6. The molecule has 2 rings (SSSR count). The Morgan fingerprint density at radius 2 is 2.14 bits per heavy atom. The van der Waals surface area contributed by atoms with Crippen LogP contribution in [0.1, 0.15) is 25.7 Å². The molecule has 4 heteroatoms. The zero-order chi connectivity index (χ0) is 9.80. The van der Waals surface area contributed by atoms with Crippen molar-refractivity contribution >= 4 is 5.91 Å². The average molecular weight is 198 g/mol. The smallest absolute Gasteiger partial charge is 0.237 e. The van der Waals surface area contributed by atoms with Gasteiger partial charge in [-0.3, -0.25) is 4.79 Å². The van der Waals surface area contributed by atoms with Crippen LogP contribution in [0.3, 0.4) is 0 Å². The summed E-state index contributed by atoms with van der Waals surface area (Å²) in [7, 11) is 0. The topological polar surface area (TPSA) is 50.4 Å². The standard InChI is InChI=1S/C10H18N2O2/c13-10(9-3-5-11-9)12-8-2-1-6-14-7-4-8/h8-9,11H,1-7H2,(H,12,13). The lowest BCUT2D eigenvalue weighted by Crippen LogP contribution is -2.55. The van der Waals surface area contributed by atoms with Gasteiger partial charge in [0.1, 0.15) is 0 Å². The van der Waals surface area contributed by atoms with Gasteiger partial charge in [-0.1, -0.05) is 0 Å². The highest BCUT2D eigenvalue weighted by atomic mass is 16.5. The Hall–Kier alpha value is -0.610. The molecule has 2 saturated heterocycles. The SMILES string of the molecule is O=C(NC1CCCOCC1)C1CCN1. The highest BCUT2D eigenvalue weighted by molar-refractivity contribution is 5.82. The van der Waals surface area contributed by atoms with Crippen molar-refractivity contribution in [3.8, 4) is 0 Å². The second-order valence-electron chi connectivity index (χ2n) is 4.04. The normalized spacial score (nSPS) is 32.9. The Morgan fingerprint density at radius 3 is 2.86 bits per heavy atom. The van der Waals surface area contributed by atoms with E-state index in [1.807, 2.05) is 0 Å². The predicted octanol–water partition coefficient (Wildman–Crippen LogP) is 0.0336. The van der Waals surface area contributed by atoms with E-state index < -0.39 is 0 Å². The van der Waals surface area contributed by atoms with Crippen LogP contribution in [0.25, 0.3) is 0 Å². The molecule has 2 aliphatic heterocycles. The number of ether oxygens (including phenoxy) is 1. The van der Waals surface area contributed by atoms with Crippen molar-refractivity contribution in [3.63, 3.8) is 0 Å². The first-order valence-electron chi connectivity index (χ1n) is 5.48. The first-order chi connectivity index (χ1) is 6.86. The molecule has 2 heterocycles. The number of carbonyl (C=O) groups excluding carboxylic acids is 1. The molecule has 2 fully saturated rings. The second-order valence-corrected chi connectivity index (χ2v) is 4.04.